The summed E-state index contributed by atoms with van der Waals surface area (Å²) in [4.78, 5) is 13.1. The number of benzene rings is 2. The molecule has 4 aromatic rings. The van der Waals surface area contributed by atoms with Gasteiger partial charge in [-0.05, 0) is 48.1 Å². The van der Waals surface area contributed by atoms with Crippen molar-refractivity contribution in [3.05, 3.63) is 89.1 Å². The minimum Gasteiger partial charge on any atom is -0.296 e. The van der Waals surface area contributed by atoms with E-state index >= 15 is 0 Å². The van der Waals surface area contributed by atoms with E-state index in [-0.39, 0.29) is 11.7 Å². The monoisotopic (exact) mass is 428 g/mol. The summed E-state index contributed by atoms with van der Waals surface area (Å²) in [6.45, 7) is 8.55. The summed E-state index contributed by atoms with van der Waals surface area (Å²) in [7, 11) is 0. The Labute approximate surface area is 187 Å². The number of hydrogen-bond donors (Lipinski definition) is 1. The highest BCUT2D eigenvalue weighted by Gasteiger charge is 2.15. The average molecular weight is 429 g/mol. The van der Waals surface area contributed by atoms with E-state index in [4.69, 9.17) is 0 Å². The topological polar surface area (TPSA) is 81.4 Å². The van der Waals surface area contributed by atoms with Crippen molar-refractivity contribution in [2.75, 3.05) is 0 Å². The molecule has 0 aliphatic rings. The van der Waals surface area contributed by atoms with Crippen LogP contribution in [0.1, 0.15) is 44.0 Å². The van der Waals surface area contributed by atoms with E-state index in [1.165, 1.54) is 0 Å². The normalized spacial score (nSPS) is 12.1. The Morgan fingerprint density at radius 1 is 1.12 bits per heavy atom. The van der Waals surface area contributed by atoms with Gasteiger partial charge in [-0.25, -0.2) is 4.79 Å². The quantitative estimate of drug-likeness (QED) is 0.394. The lowest BCUT2D eigenvalue weighted by molar-refractivity contribution is 0.504. The molecule has 2 heterocycles. The van der Waals surface area contributed by atoms with Crippen molar-refractivity contribution in [2.24, 2.45) is 0 Å². The Hall–Kier alpha value is -3.74. The van der Waals surface area contributed by atoms with E-state index in [2.05, 4.69) is 65.3 Å². The van der Waals surface area contributed by atoms with Crippen molar-refractivity contribution in [1.29, 1.82) is 0 Å². The SMILES string of the molecule is C=CCCc1cn(C(C)CC)c(=O)n1Cc1ccc(-c2ccccc2-c2nn[nH]n2)cc1. The second-order valence-electron chi connectivity index (χ2n) is 7.96. The van der Waals surface area contributed by atoms with E-state index in [0.29, 0.717) is 12.4 Å². The zero-order valence-corrected chi connectivity index (χ0v) is 18.5. The van der Waals surface area contributed by atoms with Gasteiger partial charge in [0.15, 0.2) is 0 Å². The first-order chi connectivity index (χ1) is 15.6. The van der Waals surface area contributed by atoms with Crippen LogP contribution in [0, 0.1) is 0 Å². The molecule has 0 saturated carbocycles. The molecule has 7 heteroatoms. The third kappa shape index (κ3) is 4.32. The molecule has 7 nitrogen and oxygen atoms in total. The fourth-order valence-corrected chi connectivity index (χ4v) is 3.86. The predicted octanol–water partition coefficient (Wildman–Crippen LogP) is 4.63. The van der Waals surface area contributed by atoms with Gasteiger partial charge in [0, 0.05) is 23.5 Å². The number of tetrazole rings is 1. The summed E-state index contributed by atoms with van der Waals surface area (Å²) >= 11 is 0. The first kappa shape index (κ1) is 21.5. The molecule has 32 heavy (non-hydrogen) atoms. The Kier molecular flexibility index (Phi) is 6.44. The molecule has 0 amide bonds. The highest BCUT2D eigenvalue weighted by Crippen LogP contribution is 2.29. The first-order valence-electron chi connectivity index (χ1n) is 11.0. The van der Waals surface area contributed by atoms with E-state index in [1.54, 1.807) is 0 Å². The highest BCUT2D eigenvalue weighted by atomic mass is 16.1. The molecule has 0 aliphatic heterocycles. The number of nitrogens with one attached hydrogen (secondary N) is 1. The van der Waals surface area contributed by atoms with Crippen molar-refractivity contribution >= 4 is 0 Å². The number of hydrogen-bond acceptors (Lipinski definition) is 4. The molecule has 0 aliphatic carbocycles. The predicted molar refractivity (Wildman–Crippen MR) is 126 cm³/mol. The van der Waals surface area contributed by atoms with Gasteiger partial charge in [-0.2, -0.15) is 5.21 Å². The van der Waals surface area contributed by atoms with Crippen LogP contribution in [0.3, 0.4) is 0 Å². The summed E-state index contributed by atoms with van der Waals surface area (Å²) in [5.41, 5.74) is 5.18. The molecule has 1 atom stereocenters. The second kappa shape index (κ2) is 9.60. The van der Waals surface area contributed by atoms with E-state index in [0.717, 1.165) is 47.2 Å². The van der Waals surface area contributed by atoms with Gasteiger partial charge < -0.3 is 0 Å². The summed E-state index contributed by atoms with van der Waals surface area (Å²) in [6.07, 6.45) is 6.47. The Bertz CT molecular complexity index is 1230. The lowest BCUT2D eigenvalue weighted by Gasteiger charge is -2.10. The molecule has 0 radical (unpaired) electrons. The fraction of sp³-hybridized carbons (Fsp3) is 0.280. The first-order valence-corrected chi connectivity index (χ1v) is 11.0. The molecule has 0 spiro atoms. The van der Waals surface area contributed by atoms with Crippen LogP contribution in [-0.2, 0) is 13.0 Å². The number of nitrogens with zero attached hydrogens (tertiary/aromatic N) is 5. The molecular weight excluding hydrogens is 400 g/mol. The van der Waals surface area contributed by atoms with Gasteiger partial charge in [0.1, 0.15) is 0 Å². The van der Waals surface area contributed by atoms with Gasteiger partial charge in [0.05, 0.1) is 6.54 Å². The smallest absolute Gasteiger partial charge is 0.296 e. The fourth-order valence-electron chi connectivity index (χ4n) is 3.86. The van der Waals surface area contributed by atoms with Crippen LogP contribution in [0.4, 0.5) is 0 Å². The van der Waals surface area contributed by atoms with Crippen LogP contribution >= 0.6 is 0 Å². The van der Waals surface area contributed by atoms with Gasteiger partial charge in [0.25, 0.3) is 0 Å². The van der Waals surface area contributed by atoms with Gasteiger partial charge in [-0.1, -0.05) is 61.5 Å². The average Bonchev–Trinajstić information content (AvgIpc) is 3.47. The summed E-state index contributed by atoms with van der Waals surface area (Å²) in [5, 5.41) is 14.4. The molecule has 0 bridgehead atoms. The summed E-state index contributed by atoms with van der Waals surface area (Å²) in [6, 6.07) is 16.5. The van der Waals surface area contributed by atoms with Crippen molar-refractivity contribution in [2.45, 2.75) is 45.7 Å². The third-order valence-corrected chi connectivity index (χ3v) is 5.88. The lowest BCUT2D eigenvalue weighted by Crippen LogP contribution is -2.27. The molecule has 1 unspecified atom stereocenters. The Balaban J connectivity index is 1.64. The van der Waals surface area contributed by atoms with Crippen LogP contribution in [0.5, 0.6) is 0 Å². The molecule has 0 saturated heterocycles. The van der Waals surface area contributed by atoms with Crippen LogP contribution in [0.2, 0.25) is 0 Å². The van der Waals surface area contributed by atoms with Crippen LogP contribution in [0.15, 0.2) is 72.2 Å². The van der Waals surface area contributed by atoms with Gasteiger partial charge in [-0.3, -0.25) is 9.13 Å². The van der Waals surface area contributed by atoms with Crippen LogP contribution in [0.25, 0.3) is 22.5 Å². The van der Waals surface area contributed by atoms with E-state index in [1.807, 2.05) is 45.7 Å². The molecule has 2 aromatic carbocycles. The molecular formula is C25H28N6O. The number of aromatic amines is 1. The molecule has 164 valence electrons. The molecule has 1 N–H and O–H groups in total. The zero-order chi connectivity index (χ0) is 22.5. The van der Waals surface area contributed by atoms with Crippen molar-refractivity contribution < 1.29 is 0 Å². The van der Waals surface area contributed by atoms with Gasteiger partial charge >= 0.3 is 5.69 Å². The number of imidazole rings is 1. The minimum atomic E-state index is 0.0462. The lowest BCUT2D eigenvalue weighted by atomic mass is 9.98. The molecule has 4 rings (SSSR count). The van der Waals surface area contributed by atoms with Crippen LogP contribution in [-0.4, -0.2) is 29.8 Å². The van der Waals surface area contributed by atoms with E-state index < -0.39 is 0 Å². The van der Waals surface area contributed by atoms with E-state index in [9.17, 15) is 4.79 Å². The number of rotatable bonds is 9. The standard InChI is InChI=1S/C25H28N6O/c1-4-6-9-21-17-30(18(3)5-2)25(32)31(21)16-19-12-14-20(15-13-19)22-10-7-8-11-23(22)24-26-28-29-27-24/h4,7-8,10-15,17-18H,1,5-6,9,16H2,2-3H3,(H,26,27,28,29). The molecule has 2 aromatic heterocycles. The van der Waals surface area contributed by atoms with Crippen LogP contribution < -0.4 is 5.69 Å². The molecule has 0 fully saturated rings. The number of aromatic nitrogens is 6. The maximum Gasteiger partial charge on any atom is 0.328 e. The Morgan fingerprint density at radius 3 is 2.53 bits per heavy atom. The third-order valence-electron chi connectivity index (χ3n) is 5.88. The second-order valence-corrected chi connectivity index (χ2v) is 7.96. The van der Waals surface area contributed by atoms with Crippen molar-refractivity contribution in [3.63, 3.8) is 0 Å². The number of H-pyrrole nitrogens is 1. The van der Waals surface area contributed by atoms with Gasteiger partial charge in [-0.15, -0.1) is 16.8 Å². The summed E-state index contributed by atoms with van der Waals surface area (Å²) < 4.78 is 3.74. The van der Waals surface area contributed by atoms with Crippen molar-refractivity contribution in [3.8, 4) is 22.5 Å². The maximum absolute atomic E-state index is 13.1. The largest absolute Gasteiger partial charge is 0.328 e. The Morgan fingerprint density at radius 2 is 1.88 bits per heavy atom. The number of aryl methyl sites for hydroxylation is 1. The zero-order valence-electron chi connectivity index (χ0n) is 18.5. The maximum atomic E-state index is 13.1. The minimum absolute atomic E-state index is 0.0462. The highest BCUT2D eigenvalue weighted by molar-refractivity contribution is 5.80. The van der Waals surface area contributed by atoms with Crippen molar-refractivity contribution in [1.82, 2.24) is 29.8 Å². The van der Waals surface area contributed by atoms with Gasteiger partial charge in [0.2, 0.25) is 5.82 Å². The summed E-state index contributed by atoms with van der Waals surface area (Å²) in [5.74, 6) is 0.564. The number of allylic oxidation sites excluding steroid dienone is 1.